The SMILES string of the molecule is COc1cccc(CN2C(=O)N(c3ccc(C4CNNC4)cc3)CC23CCN(C(=O)C(C)(C)O)CC3)c1. The Morgan fingerprint density at radius 3 is 2.41 bits per heavy atom. The maximum absolute atomic E-state index is 13.9. The molecule has 9 heteroatoms. The average Bonchev–Trinajstić information content (AvgIpc) is 3.52. The van der Waals surface area contributed by atoms with Crippen molar-refractivity contribution in [3.05, 3.63) is 59.7 Å². The number of nitrogens with one attached hydrogen (secondary N) is 2. The standard InChI is InChI=1S/C28H37N5O4/c1-27(2,36)25(34)31-13-11-28(12-14-31)19-32(23-9-7-21(8-10-23)22-16-29-30-17-22)26(35)33(28)18-20-5-4-6-24(15-20)37-3/h4-10,15,22,29-30,36H,11-14,16-19H2,1-3H3. The van der Waals surface area contributed by atoms with E-state index < -0.39 is 11.1 Å². The molecule has 37 heavy (non-hydrogen) atoms. The summed E-state index contributed by atoms with van der Waals surface area (Å²) in [4.78, 5) is 32.2. The molecule has 2 aromatic carbocycles. The van der Waals surface area contributed by atoms with Gasteiger partial charge >= 0.3 is 6.03 Å². The number of carbonyl (C=O) groups is 2. The van der Waals surface area contributed by atoms with Gasteiger partial charge in [0.25, 0.3) is 5.91 Å². The molecular weight excluding hydrogens is 470 g/mol. The van der Waals surface area contributed by atoms with Crippen LogP contribution in [0.5, 0.6) is 5.75 Å². The number of hydrogen-bond acceptors (Lipinski definition) is 6. The topological polar surface area (TPSA) is 97.4 Å². The number of hydrazine groups is 1. The smallest absolute Gasteiger partial charge is 0.325 e. The van der Waals surface area contributed by atoms with E-state index in [0.29, 0.717) is 44.9 Å². The van der Waals surface area contributed by atoms with Gasteiger partial charge in [0.05, 0.1) is 19.2 Å². The van der Waals surface area contributed by atoms with Crippen LogP contribution in [0.3, 0.4) is 0 Å². The van der Waals surface area contributed by atoms with Crippen molar-refractivity contribution in [3.63, 3.8) is 0 Å². The highest BCUT2D eigenvalue weighted by molar-refractivity contribution is 5.95. The molecule has 0 radical (unpaired) electrons. The molecule has 3 heterocycles. The number of benzene rings is 2. The van der Waals surface area contributed by atoms with Gasteiger partial charge in [-0.1, -0.05) is 24.3 Å². The van der Waals surface area contributed by atoms with Crippen LogP contribution < -0.4 is 20.5 Å². The molecule has 5 rings (SSSR count). The number of urea groups is 1. The van der Waals surface area contributed by atoms with Gasteiger partial charge in [0.1, 0.15) is 11.4 Å². The molecule has 0 atom stereocenters. The summed E-state index contributed by atoms with van der Waals surface area (Å²) in [6.45, 7) is 6.85. The summed E-state index contributed by atoms with van der Waals surface area (Å²) in [6, 6.07) is 16.1. The molecule has 2 aromatic rings. The number of hydrogen-bond donors (Lipinski definition) is 3. The predicted molar refractivity (Wildman–Crippen MR) is 141 cm³/mol. The molecular formula is C28H37N5O4. The van der Waals surface area contributed by atoms with Crippen LogP contribution in [0.1, 0.15) is 43.7 Å². The van der Waals surface area contributed by atoms with E-state index in [2.05, 4.69) is 23.0 Å². The van der Waals surface area contributed by atoms with Crippen molar-refractivity contribution < 1.29 is 19.4 Å². The minimum Gasteiger partial charge on any atom is -0.497 e. The van der Waals surface area contributed by atoms with Crippen molar-refractivity contribution >= 4 is 17.6 Å². The van der Waals surface area contributed by atoms with Crippen LogP contribution in [0.15, 0.2) is 48.5 Å². The highest BCUT2D eigenvalue weighted by Gasteiger charge is 2.52. The quantitative estimate of drug-likeness (QED) is 0.556. The van der Waals surface area contributed by atoms with Gasteiger partial charge in [-0.05, 0) is 62.1 Å². The molecule has 3 N–H and O–H groups in total. The van der Waals surface area contributed by atoms with Crippen LogP contribution in [-0.4, -0.2) is 77.8 Å². The second-order valence-electron chi connectivity index (χ2n) is 10.9. The van der Waals surface area contributed by atoms with Crippen LogP contribution >= 0.6 is 0 Å². The first kappa shape index (κ1) is 25.5. The number of nitrogens with zero attached hydrogens (tertiary/aromatic N) is 3. The zero-order valence-corrected chi connectivity index (χ0v) is 21.9. The van der Waals surface area contributed by atoms with Crippen LogP contribution in [0.25, 0.3) is 0 Å². The number of likely N-dealkylation sites (tertiary alicyclic amines) is 1. The zero-order valence-electron chi connectivity index (χ0n) is 21.9. The predicted octanol–water partition coefficient (Wildman–Crippen LogP) is 2.46. The Bertz CT molecular complexity index is 1130. The molecule has 0 aromatic heterocycles. The van der Waals surface area contributed by atoms with Crippen molar-refractivity contribution in [2.75, 3.05) is 44.7 Å². The van der Waals surface area contributed by atoms with Crippen LogP contribution in [0, 0.1) is 0 Å². The number of amides is 3. The van der Waals surface area contributed by atoms with E-state index in [9.17, 15) is 14.7 Å². The zero-order chi connectivity index (χ0) is 26.2. The van der Waals surface area contributed by atoms with Gasteiger partial charge in [-0.25, -0.2) is 4.79 Å². The summed E-state index contributed by atoms with van der Waals surface area (Å²) in [5, 5.41) is 10.2. The third-order valence-corrected chi connectivity index (χ3v) is 7.96. The normalized spacial score (nSPS) is 20.2. The van der Waals surface area contributed by atoms with Crippen molar-refractivity contribution in [2.45, 2.75) is 50.3 Å². The van der Waals surface area contributed by atoms with E-state index in [1.54, 1.807) is 12.0 Å². The fraction of sp³-hybridized carbons (Fsp3) is 0.500. The first-order valence-electron chi connectivity index (χ1n) is 13.0. The van der Waals surface area contributed by atoms with E-state index in [1.807, 2.05) is 46.2 Å². The number of methoxy groups -OCH3 is 1. The van der Waals surface area contributed by atoms with Gasteiger partial charge < -0.3 is 19.6 Å². The van der Waals surface area contributed by atoms with E-state index >= 15 is 0 Å². The average molecular weight is 508 g/mol. The molecule has 9 nitrogen and oxygen atoms in total. The van der Waals surface area contributed by atoms with Gasteiger partial charge in [-0.15, -0.1) is 0 Å². The molecule has 198 valence electrons. The first-order valence-corrected chi connectivity index (χ1v) is 13.0. The number of anilines is 1. The summed E-state index contributed by atoms with van der Waals surface area (Å²) >= 11 is 0. The molecule has 0 unspecified atom stereocenters. The molecule has 3 aliphatic heterocycles. The van der Waals surface area contributed by atoms with E-state index in [4.69, 9.17) is 4.74 Å². The molecule has 3 aliphatic rings. The fourth-order valence-corrected chi connectivity index (χ4v) is 5.75. The lowest BCUT2D eigenvalue weighted by Gasteiger charge is -2.44. The highest BCUT2D eigenvalue weighted by atomic mass is 16.5. The molecule has 3 amide bonds. The van der Waals surface area contributed by atoms with Crippen molar-refractivity contribution in [1.82, 2.24) is 20.7 Å². The molecule has 0 bridgehead atoms. The monoisotopic (exact) mass is 507 g/mol. The van der Waals surface area contributed by atoms with E-state index in [0.717, 1.165) is 30.1 Å². The Morgan fingerprint density at radius 1 is 1.11 bits per heavy atom. The Labute approximate surface area is 218 Å². The van der Waals surface area contributed by atoms with Crippen LogP contribution in [-0.2, 0) is 11.3 Å². The third kappa shape index (κ3) is 5.03. The number of ether oxygens (including phenoxy) is 1. The fourth-order valence-electron chi connectivity index (χ4n) is 5.75. The summed E-state index contributed by atoms with van der Waals surface area (Å²) in [6.07, 6.45) is 1.30. The van der Waals surface area contributed by atoms with Crippen molar-refractivity contribution in [3.8, 4) is 5.75 Å². The molecule has 1 spiro atoms. The lowest BCUT2D eigenvalue weighted by Crippen LogP contribution is -2.57. The van der Waals surface area contributed by atoms with E-state index in [-0.39, 0.29) is 11.9 Å². The highest BCUT2D eigenvalue weighted by Crippen LogP contribution is 2.40. The molecule has 0 saturated carbocycles. The molecule has 3 fully saturated rings. The summed E-state index contributed by atoms with van der Waals surface area (Å²) in [7, 11) is 1.64. The van der Waals surface area contributed by atoms with Gasteiger partial charge in [0.2, 0.25) is 0 Å². The van der Waals surface area contributed by atoms with Crippen molar-refractivity contribution in [1.29, 1.82) is 0 Å². The summed E-state index contributed by atoms with van der Waals surface area (Å²) in [5.41, 5.74) is 7.65. The number of aliphatic hydroxyl groups is 1. The lowest BCUT2D eigenvalue weighted by atomic mass is 9.85. The largest absolute Gasteiger partial charge is 0.497 e. The number of piperidine rings is 1. The van der Waals surface area contributed by atoms with Gasteiger partial charge in [0, 0.05) is 44.3 Å². The Balaban J connectivity index is 1.41. The molecule has 3 saturated heterocycles. The third-order valence-electron chi connectivity index (χ3n) is 7.96. The number of carbonyl (C=O) groups excluding carboxylic acids is 2. The van der Waals surface area contributed by atoms with Gasteiger partial charge in [-0.2, -0.15) is 0 Å². The first-order chi connectivity index (χ1) is 17.7. The van der Waals surface area contributed by atoms with Gasteiger partial charge in [-0.3, -0.25) is 20.5 Å². The minimum atomic E-state index is -1.41. The van der Waals surface area contributed by atoms with Crippen LogP contribution in [0.4, 0.5) is 10.5 Å². The number of rotatable bonds is 6. The van der Waals surface area contributed by atoms with Gasteiger partial charge in [0.15, 0.2) is 0 Å². The maximum atomic E-state index is 13.9. The second-order valence-corrected chi connectivity index (χ2v) is 10.9. The Kier molecular flexibility index (Phi) is 6.87. The Hall–Kier alpha value is -3.14. The lowest BCUT2D eigenvalue weighted by molar-refractivity contribution is -0.150. The summed E-state index contributed by atoms with van der Waals surface area (Å²) in [5.74, 6) is 0.901. The molecule has 0 aliphatic carbocycles. The Morgan fingerprint density at radius 2 is 1.78 bits per heavy atom. The second kappa shape index (κ2) is 9.96. The van der Waals surface area contributed by atoms with Crippen LogP contribution in [0.2, 0.25) is 0 Å². The maximum Gasteiger partial charge on any atom is 0.325 e. The minimum absolute atomic E-state index is 0.0259. The summed E-state index contributed by atoms with van der Waals surface area (Å²) < 4.78 is 5.41. The van der Waals surface area contributed by atoms with E-state index in [1.165, 1.54) is 19.4 Å². The van der Waals surface area contributed by atoms with Crippen molar-refractivity contribution in [2.24, 2.45) is 0 Å².